The van der Waals surface area contributed by atoms with Crippen LogP contribution in [-0.2, 0) is 0 Å². The summed E-state index contributed by atoms with van der Waals surface area (Å²) < 4.78 is 1.86. The Balaban J connectivity index is 2.46. The van der Waals surface area contributed by atoms with Crippen molar-refractivity contribution >= 4 is 56.2 Å². The summed E-state index contributed by atoms with van der Waals surface area (Å²) >= 11 is 15.7. The lowest BCUT2D eigenvalue weighted by atomic mass is 10.2. The number of hydrogen-bond acceptors (Lipinski definition) is 3. The number of nitrogens with two attached hydrogens (primary N) is 1. The van der Waals surface area contributed by atoms with E-state index in [9.17, 15) is 4.79 Å². The SMILES string of the molecule is NC(=O)n1c(-c2c(Cl)cccc2Cl)nc2cncc(Br)c21. The highest BCUT2D eigenvalue weighted by molar-refractivity contribution is 9.10. The Bertz CT molecular complexity index is 858. The predicted octanol–water partition coefficient (Wildman–Crippen LogP) is 4.09. The minimum atomic E-state index is -0.685. The summed E-state index contributed by atoms with van der Waals surface area (Å²) in [6.07, 6.45) is 3.09. The third-order valence-electron chi connectivity index (χ3n) is 2.92. The third kappa shape index (κ3) is 2.29. The molecule has 0 aliphatic heterocycles. The second-order valence-corrected chi connectivity index (χ2v) is 5.86. The number of halogens is 3. The van der Waals surface area contributed by atoms with Crippen LogP contribution in [0.4, 0.5) is 4.79 Å². The molecule has 0 spiro atoms. The molecule has 0 saturated heterocycles. The van der Waals surface area contributed by atoms with Gasteiger partial charge in [0.1, 0.15) is 5.52 Å². The van der Waals surface area contributed by atoms with Crippen LogP contribution in [-0.4, -0.2) is 20.6 Å². The molecule has 2 aromatic heterocycles. The molecule has 0 saturated carbocycles. The lowest BCUT2D eigenvalue weighted by Crippen LogP contribution is -2.20. The Morgan fingerprint density at radius 2 is 1.90 bits per heavy atom. The summed E-state index contributed by atoms with van der Waals surface area (Å²) in [5, 5.41) is 0.758. The van der Waals surface area contributed by atoms with Gasteiger partial charge in [0.2, 0.25) is 0 Å². The van der Waals surface area contributed by atoms with Gasteiger partial charge in [-0.15, -0.1) is 0 Å². The van der Waals surface area contributed by atoms with Crippen LogP contribution in [0.15, 0.2) is 35.1 Å². The summed E-state index contributed by atoms with van der Waals surface area (Å²) in [4.78, 5) is 20.3. The molecule has 106 valence electrons. The van der Waals surface area contributed by atoms with E-state index in [1.165, 1.54) is 10.8 Å². The molecule has 3 aromatic rings. The number of imidazole rings is 1. The van der Waals surface area contributed by atoms with Gasteiger partial charge in [-0.3, -0.25) is 4.98 Å². The van der Waals surface area contributed by atoms with Crippen LogP contribution < -0.4 is 5.73 Å². The number of fused-ring (bicyclic) bond motifs is 1. The van der Waals surface area contributed by atoms with E-state index in [0.717, 1.165) is 0 Å². The first-order chi connectivity index (χ1) is 10.0. The molecule has 0 radical (unpaired) electrons. The van der Waals surface area contributed by atoms with E-state index in [2.05, 4.69) is 25.9 Å². The second-order valence-electron chi connectivity index (χ2n) is 4.19. The summed E-state index contributed by atoms with van der Waals surface area (Å²) in [5.41, 5.74) is 6.96. The Morgan fingerprint density at radius 3 is 2.52 bits per heavy atom. The minimum absolute atomic E-state index is 0.279. The molecule has 1 amide bonds. The maximum atomic E-state index is 11.9. The van der Waals surface area contributed by atoms with Gasteiger partial charge < -0.3 is 5.73 Å². The van der Waals surface area contributed by atoms with Gasteiger partial charge in [0.25, 0.3) is 0 Å². The molecule has 21 heavy (non-hydrogen) atoms. The maximum Gasteiger partial charge on any atom is 0.325 e. The smallest absolute Gasteiger partial charge is 0.325 e. The molecule has 0 aliphatic rings. The highest BCUT2D eigenvalue weighted by Gasteiger charge is 2.22. The zero-order valence-corrected chi connectivity index (χ0v) is 13.4. The van der Waals surface area contributed by atoms with Crippen LogP contribution in [0.5, 0.6) is 0 Å². The van der Waals surface area contributed by atoms with E-state index in [1.54, 1.807) is 24.4 Å². The number of carbonyl (C=O) groups excluding carboxylic acids is 1. The van der Waals surface area contributed by atoms with E-state index < -0.39 is 6.03 Å². The average Bonchev–Trinajstić information content (AvgIpc) is 2.79. The molecular weight excluding hydrogens is 379 g/mol. The molecule has 8 heteroatoms. The van der Waals surface area contributed by atoms with E-state index in [-0.39, 0.29) is 5.82 Å². The number of primary amides is 1. The molecule has 3 rings (SSSR count). The molecule has 0 atom stereocenters. The summed E-state index contributed by atoms with van der Waals surface area (Å²) in [7, 11) is 0. The third-order valence-corrected chi connectivity index (χ3v) is 4.13. The van der Waals surface area contributed by atoms with Crippen LogP contribution in [0.25, 0.3) is 22.4 Å². The van der Waals surface area contributed by atoms with Crippen molar-refractivity contribution in [2.75, 3.05) is 0 Å². The van der Waals surface area contributed by atoms with E-state index in [1.807, 2.05) is 0 Å². The van der Waals surface area contributed by atoms with Gasteiger partial charge in [-0.2, -0.15) is 0 Å². The van der Waals surface area contributed by atoms with Crippen molar-refractivity contribution < 1.29 is 4.79 Å². The van der Waals surface area contributed by atoms with Crippen molar-refractivity contribution in [1.29, 1.82) is 0 Å². The monoisotopic (exact) mass is 384 g/mol. The van der Waals surface area contributed by atoms with Crippen LogP contribution in [0.3, 0.4) is 0 Å². The quantitative estimate of drug-likeness (QED) is 0.685. The Morgan fingerprint density at radius 1 is 1.24 bits per heavy atom. The largest absolute Gasteiger partial charge is 0.351 e. The van der Waals surface area contributed by atoms with Crippen molar-refractivity contribution in [2.45, 2.75) is 0 Å². The summed E-state index contributed by atoms with van der Waals surface area (Å²) in [6.45, 7) is 0. The van der Waals surface area contributed by atoms with Crippen LogP contribution in [0.2, 0.25) is 10.0 Å². The van der Waals surface area contributed by atoms with Crippen molar-refractivity contribution in [1.82, 2.24) is 14.5 Å². The standard InChI is InChI=1S/C13H7BrCl2N4O/c14-6-4-18-5-9-11(6)20(13(17)21)12(19-9)10-7(15)2-1-3-8(10)16/h1-5H,(H2,17,21). The van der Waals surface area contributed by atoms with Gasteiger partial charge in [0.05, 0.1) is 31.8 Å². The number of pyridine rings is 1. The zero-order chi connectivity index (χ0) is 15.1. The Labute approximate surface area is 137 Å². The predicted molar refractivity (Wildman–Crippen MR) is 85.7 cm³/mol. The fourth-order valence-corrected chi connectivity index (χ4v) is 3.15. The lowest BCUT2D eigenvalue weighted by molar-refractivity contribution is 0.251. The van der Waals surface area contributed by atoms with Crippen LogP contribution in [0, 0.1) is 0 Å². The zero-order valence-electron chi connectivity index (χ0n) is 10.3. The first kappa shape index (κ1) is 14.3. The number of hydrogen-bond donors (Lipinski definition) is 1. The molecular formula is C13H7BrCl2N4O. The number of carbonyl (C=O) groups is 1. The van der Waals surface area contributed by atoms with Gasteiger partial charge in [0, 0.05) is 6.20 Å². The lowest BCUT2D eigenvalue weighted by Gasteiger charge is -2.08. The van der Waals surface area contributed by atoms with E-state index >= 15 is 0 Å². The first-order valence-corrected chi connectivity index (χ1v) is 7.31. The first-order valence-electron chi connectivity index (χ1n) is 5.77. The Hall–Kier alpha value is -1.63. The van der Waals surface area contributed by atoms with Crippen molar-refractivity contribution in [3.05, 3.63) is 45.1 Å². The fourth-order valence-electron chi connectivity index (χ4n) is 2.08. The topological polar surface area (TPSA) is 73.8 Å². The van der Waals surface area contributed by atoms with Crippen molar-refractivity contribution in [3.8, 4) is 11.4 Å². The number of nitrogens with zero attached hydrogens (tertiary/aromatic N) is 3. The maximum absolute atomic E-state index is 11.9. The highest BCUT2D eigenvalue weighted by Crippen LogP contribution is 2.36. The van der Waals surface area contributed by atoms with E-state index in [4.69, 9.17) is 28.9 Å². The summed E-state index contributed by atoms with van der Waals surface area (Å²) in [5.74, 6) is 0.279. The molecule has 0 bridgehead atoms. The highest BCUT2D eigenvalue weighted by atomic mass is 79.9. The van der Waals surface area contributed by atoms with Crippen molar-refractivity contribution in [3.63, 3.8) is 0 Å². The average molecular weight is 386 g/mol. The number of benzene rings is 1. The fraction of sp³-hybridized carbons (Fsp3) is 0. The number of amides is 1. The van der Waals surface area contributed by atoms with Gasteiger partial charge in [-0.05, 0) is 28.1 Å². The molecule has 0 aliphatic carbocycles. The second kappa shape index (κ2) is 5.29. The van der Waals surface area contributed by atoms with Gasteiger partial charge >= 0.3 is 6.03 Å². The molecule has 1 aromatic carbocycles. The number of aromatic nitrogens is 3. The summed E-state index contributed by atoms with van der Waals surface area (Å²) in [6, 6.07) is 4.36. The normalized spacial score (nSPS) is 11.0. The van der Waals surface area contributed by atoms with Crippen LogP contribution in [0.1, 0.15) is 0 Å². The Kier molecular flexibility index (Phi) is 3.61. The minimum Gasteiger partial charge on any atom is -0.351 e. The molecule has 0 unspecified atom stereocenters. The van der Waals surface area contributed by atoms with Crippen molar-refractivity contribution in [2.24, 2.45) is 5.73 Å². The molecule has 5 nitrogen and oxygen atoms in total. The number of rotatable bonds is 1. The van der Waals surface area contributed by atoms with Gasteiger partial charge in [-0.1, -0.05) is 29.3 Å². The molecule has 0 fully saturated rings. The molecule has 2 heterocycles. The van der Waals surface area contributed by atoms with Crippen LogP contribution >= 0.6 is 39.1 Å². The van der Waals surface area contributed by atoms with Gasteiger partial charge in [0.15, 0.2) is 5.82 Å². The van der Waals surface area contributed by atoms with Gasteiger partial charge in [-0.25, -0.2) is 14.3 Å². The van der Waals surface area contributed by atoms with E-state index in [0.29, 0.717) is 31.1 Å². The molecule has 2 N–H and O–H groups in total.